The molecule has 0 N–H and O–H groups in total. The molecule has 1 heterocycles. The van der Waals surface area contributed by atoms with Crippen molar-refractivity contribution in [2.24, 2.45) is 0 Å². The zero-order chi connectivity index (χ0) is 15.6. The van der Waals surface area contributed by atoms with E-state index < -0.39 is 0 Å². The Morgan fingerprint density at radius 2 is 1.70 bits per heavy atom. The lowest BCUT2D eigenvalue weighted by molar-refractivity contribution is -0.137. The molecule has 0 spiro atoms. The number of allylic oxidation sites excluding steroid dienone is 1. The first-order chi connectivity index (χ1) is 9.02. The molecule has 0 bridgehead atoms. The van der Waals surface area contributed by atoms with Crippen molar-refractivity contribution in [1.29, 1.82) is 0 Å². The summed E-state index contributed by atoms with van der Waals surface area (Å²) in [6.07, 6.45) is 3.97. The average molecular weight is 282 g/mol. The molecular formula is C15H27BO4. The van der Waals surface area contributed by atoms with E-state index >= 15 is 0 Å². The van der Waals surface area contributed by atoms with E-state index in [1.807, 2.05) is 33.8 Å². The Balaban J connectivity index is 2.65. The van der Waals surface area contributed by atoms with Crippen molar-refractivity contribution in [3.05, 3.63) is 12.2 Å². The molecule has 0 aromatic heterocycles. The zero-order valence-electron chi connectivity index (χ0n) is 13.8. The third kappa shape index (κ3) is 3.86. The van der Waals surface area contributed by atoms with Gasteiger partial charge in [0.15, 0.2) is 0 Å². The molecule has 20 heavy (non-hydrogen) atoms. The highest BCUT2D eigenvalue weighted by atomic mass is 16.7. The van der Waals surface area contributed by atoms with Gasteiger partial charge in [-0.15, -0.1) is 0 Å². The molecule has 0 atom stereocenters. The minimum atomic E-state index is -0.334. The van der Waals surface area contributed by atoms with Gasteiger partial charge >= 0.3 is 13.1 Å². The third-order valence-corrected chi connectivity index (χ3v) is 4.08. The van der Waals surface area contributed by atoms with E-state index in [1.54, 1.807) is 6.92 Å². The molecule has 0 aromatic carbocycles. The summed E-state index contributed by atoms with van der Waals surface area (Å²) in [7, 11) is -0.292. The van der Waals surface area contributed by atoms with Gasteiger partial charge in [0.2, 0.25) is 0 Å². The number of rotatable bonds is 5. The van der Waals surface area contributed by atoms with E-state index in [2.05, 4.69) is 13.8 Å². The SMILES string of the molecule is CCOC(=O)/C=C/CC(C)(C)B1OC(C)(C)C(C)(C)O1. The monoisotopic (exact) mass is 282 g/mol. The molecule has 1 aliphatic rings. The maximum absolute atomic E-state index is 11.3. The highest BCUT2D eigenvalue weighted by Gasteiger charge is 2.55. The summed E-state index contributed by atoms with van der Waals surface area (Å²) >= 11 is 0. The Hall–Kier alpha value is -0.805. The van der Waals surface area contributed by atoms with Crippen LogP contribution in [0.5, 0.6) is 0 Å². The van der Waals surface area contributed by atoms with Crippen molar-refractivity contribution in [3.63, 3.8) is 0 Å². The normalized spacial score (nSPS) is 21.4. The van der Waals surface area contributed by atoms with Gasteiger partial charge in [0.05, 0.1) is 17.8 Å². The van der Waals surface area contributed by atoms with Gasteiger partial charge in [0.25, 0.3) is 0 Å². The molecule has 1 rings (SSSR count). The summed E-state index contributed by atoms with van der Waals surface area (Å²) in [5, 5.41) is -0.214. The smallest absolute Gasteiger partial charge is 0.463 e. The quantitative estimate of drug-likeness (QED) is 0.440. The highest BCUT2D eigenvalue weighted by Crippen LogP contribution is 2.46. The number of esters is 1. The topological polar surface area (TPSA) is 44.8 Å². The standard InChI is InChI=1S/C15H27BO4/c1-8-18-12(17)10-9-11-13(2,3)16-19-14(4,5)15(6,7)20-16/h9-10H,8,11H2,1-7H3/b10-9+. The van der Waals surface area contributed by atoms with Gasteiger partial charge < -0.3 is 14.0 Å². The first kappa shape index (κ1) is 17.2. The zero-order valence-corrected chi connectivity index (χ0v) is 13.8. The Kier molecular flexibility index (Phi) is 5.09. The number of ether oxygens (including phenoxy) is 1. The first-order valence-electron chi connectivity index (χ1n) is 7.21. The molecule has 0 amide bonds. The minimum absolute atomic E-state index is 0.214. The molecule has 4 nitrogen and oxygen atoms in total. The van der Waals surface area contributed by atoms with Crippen molar-refractivity contribution in [2.75, 3.05) is 6.61 Å². The van der Waals surface area contributed by atoms with Crippen molar-refractivity contribution >= 4 is 13.1 Å². The predicted octanol–water partition coefficient (Wildman–Crippen LogP) is 3.37. The molecule has 0 unspecified atom stereocenters. The summed E-state index contributed by atoms with van der Waals surface area (Å²) in [4.78, 5) is 11.3. The second-order valence-electron chi connectivity index (χ2n) is 6.94. The summed E-state index contributed by atoms with van der Waals surface area (Å²) in [6.45, 7) is 14.5. The van der Waals surface area contributed by atoms with Crippen LogP contribution >= 0.6 is 0 Å². The number of carbonyl (C=O) groups is 1. The maximum atomic E-state index is 11.3. The van der Waals surface area contributed by atoms with Crippen LogP contribution in [-0.2, 0) is 18.8 Å². The Morgan fingerprint density at radius 3 is 2.15 bits per heavy atom. The highest BCUT2D eigenvalue weighted by molar-refractivity contribution is 6.49. The fourth-order valence-corrected chi connectivity index (χ4v) is 1.91. The Bertz CT molecular complexity index is 369. The Labute approximate surface area is 123 Å². The van der Waals surface area contributed by atoms with Gasteiger partial charge in [0, 0.05) is 11.4 Å². The first-order valence-corrected chi connectivity index (χ1v) is 7.21. The number of hydrogen-bond acceptors (Lipinski definition) is 4. The second kappa shape index (κ2) is 5.90. The molecule has 0 radical (unpaired) electrons. The average Bonchev–Trinajstić information content (AvgIpc) is 2.49. The van der Waals surface area contributed by atoms with Gasteiger partial charge in [-0.25, -0.2) is 4.79 Å². The van der Waals surface area contributed by atoms with E-state index in [0.717, 1.165) is 0 Å². The van der Waals surface area contributed by atoms with Gasteiger partial charge in [-0.1, -0.05) is 19.9 Å². The largest absolute Gasteiger partial charge is 0.464 e. The van der Waals surface area contributed by atoms with E-state index in [9.17, 15) is 4.79 Å². The minimum Gasteiger partial charge on any atom is -0.463 e. The molecule has 5 heteroatoms. The lowest BCUT2D eigenvalue weighted by Gasteiger charge is -2.32. The van der Waals surface area contributed by atoms with E-state index in [1.165, 1.54) is 6.08 Å². The fourth-order valence-electron chi connectivity index (χ4n) is 1.91. The molecule has 0 aliphatic carbocycles. The van der Waals surface area contributed by atoms with Crippen molar-refractivity contribution in [2.45, 2.75) is 71.4 Å². The van der Waals surface area contributed by atoms with Crippen LogP contribution in [0.15, 0.2) is 12.2 Å². The van der Waals surface area contributed by atoms with Gasteiger partial charge in [-0.05, 0) is 41.0 Å². The lowest BCUT2D eigenvalue weighted by atomic mass is 9.58. The lowest BCUT2D eigenvalue weighted by Crippen LogP contribution is -2.41. The van der Waals surface area contributed by atoms with Gasteiger partial charge in [-0.2, -0.15) is 0 Å². The second-order valence-corrected chi connectivity index (χ2v) is 6.94. The summed E-state index contributed by atoms with van der Waals surface area (Å²) in [5.41, 5.74) is -0.667. The number of carbonyl (C=O) groups excluding carboxylic acids is 1. The van der Waals surface area contributed by atoms with Crippen LogP contribution in [0.3, 0.4) is 0 Å². The van der Waals surface area contributed by atoms with Crippen molar-refractivity contribution in [3.8, 4) is 0 Å². The van der Waals surface area contributed by atoms with Crippen molar-refractivity contribution < 1.29 is 18.8 Å². The van der Waals surface area contributed by atoms with Crippen LogP contribution < -0.4 is 0 Å². The summed E-state index contributed by atoms with van der Waals surface area (Å²) in [5.74, 6) is -0.308. The van der Waals surface area contributed by atoms with Crippen LogP contribution in [-0.4, -0.2) is 30.9 Å². The van der Waals surface area contributed by atoms with E-state index in [4.69, 9.17) is 14.0 Å². The molecular weight excluding hydrogens is 255 g/mol. The predicted molar refractivity (Wildman–Crippen MR) is 80.5 cm³/mol. The van der Waals surface area contributed by atoms with E-state index in [-0.39, 0.29) is 29.6 Å². The Morgan fingerprint density at radius 1 is 1.20 bits per heavy atom. The third-order valence-electron chi connectivity index (χ3n) is 4.08. The van der Waals surface area contributed by atoms with Gasteiger partial charge in [0.1, 0.15) is 0 Å². The van der Waals surface area contributed by atoms with Crippen molar-refractivity contribution in [1.82, 2.24) is 0 Å². The molecule has 1 saturated heterocycles. The molecule has 1 aliphatic heterocycles. The van der Waals surface area contributed by atoms with Gasteiger partial charge in [-0.3, -0.25) is 0 Å². The summed E-state index contributed by atoms with van der Waals surface area (Å²) < 4.78 is 17.0. The molecule has 114 valence electrons. The van der Waals surface area contributed by atoms with Crippen LogP contribution in [0.2, 0.25) is 5.31 Å². The molecule has 0 aromatic rings. The summed E-state index contributed by atoms with van der Waals surface area (Å²) in [6, 6.07) is 0. The molecule has 1 fully saturated rings. The van der Waals surface area contributed by atoms with Crippen LogP contribution in [0.25, 0.3) is 0 Å². The fraction of sp³-hybridized carbons (Fsp3) is 0.800. The maximum Gasteiger partial charge on any atom is 0.464 e. The van der Waals surface area contributed by atoms with Crippen LogP contribution in [0, 0.1) is 0 Å². The van der Waals surface area contributed by atoms with Crippen LogP contribution in [0.4, 0.5) is 0 Å². The molecule has 0 saturated carbocycles. The number of hydrogen-bond donors (Lipinski definition) is 0. The van der Waals surface area contributed by atoms with Crippen LogP contribution in [0.1, 0.15) is 54.9 Å². The van der Waals surface area contributed by atoms with E-state index in [0.29, 0.717) is 13.0 Å².